The van der Waals surface area contributed by atoms with Crippen molar-refractivity contribution in [2.75, 3.05) is 0 Å². The summed E-state index contributed by atoms with van der Waals surface area (Å²) in [5, 5.41) is 7.34. The van der Waals surface area contributed by atoms with E-state index in [1.807, 2.05) is 36.4 Å². The van der Waals surface area contributed by atoms with Gasteiger partial charge in [-0.2, -0.15) is 4.98 Å². The Kier molecular flexibility index (Phi) is 5.79. The van der Waals surface area contributed by atoms with Crippen LogP contribution >= 0.6 is 22.9 Å². The van der Waals surface area contributed by atoms with E-state index < -0.39 is 0 Å². The average Bonchev–Trinajstić information content (AvgIpc) is 3.42. The van der Waals surface area contributed by atoms with Crippen LogP contribution in [0.3, 0.4) is 0 Å². The maximum Gasteiger partial charge on any atom is 0.246 e. The number of nitrogens with one attached hydrogen (secondary N) is 1. The van der Waals surface area contributed by atoms with E-state index in [1.54, 1.807) is 41.9 Å². The van der Waals surface area contributed by atoms with Gasteiger partial charge in [0, 0.05) is 38.8 Å². The Morgan fingerprint density at radius 3 is 2.66 bits per heavy atom. The number of rotatable bonds is 6. The minimum atomic E-state index is -0.241. The molecule has 0 aliphatic rings. The van der Waals surface area contributed by atoms with E-state index >= 15 is 0 Å². The second kappa shape index (κ2) is 8.81. The van der Waals surface area contributed by atoms with Gasteiger partial charge in [-0.05, 0) is 48.0 Å². The molecule has 4 rings (SSSR count). The van der Waals surface area contributed by atoms with Crippen molar-refractivity contribution < 1.29 is 9.32 Å². The number of pyridine rings is 1. The Morgan fingerprint density at radius 2 is 1.86 bits per heavy atom. The molecule has 1 aromatic carbocycles. The van der Waals surface area contributed by atoms with Gasteiger partial charge in [0.25, 0.3) is 0 Å². The van der Waals surface area contributed by atoms with Gasteiger partial charge < -0.3 is 9.84 Å². The van der Waals surface area contributed by atoms with Crippen LogP contribution in [0.5, 0.6) is 0 Å². The van der Waals surface area contributed by atoms with E-state index in [0.717, 1.165) is 20.9 Å². The van der Waals surface area contributed by atoms with Crippen molar-refractivity contribution in [2.45, 2.75) is 6.54 Å². The minimum Gasteiger partial charge on any atom is -0.343 e. The molecule has 0 radical (unpaired) electrons. The fourth-order valence-corrected chi connectivity index (χ4v) is 3.58. The highest BCUT2D eigenvalue weighted by atomic mass is 35.5. The Hall–Kier alpha value is -3.29. The van der Waals surface area contributed by atoms with Crippen LogP contribution in [0.2, 0.25) is 5.02 Å². The van der Waals surface area contributed by atoms with Crippen LogP contribution in [0.25, 0.3) is 27.9 Å². The van der Waals surface area contributed by atoms with Gasteiger partial charge in [-0.1, -0.05) is 28.9 Å². The van der Waals surface area contributed by atoms with Crippen molar-refractivity contribution >= 4 is 34.9 Å². The summed E-state index contributed by atoms with van der Waals surface area (Å²) in [5.41, 5.74) is 1.89. The van der Waals surface area contributed by atoms with Gasteiger partial charge in [0.05, 0.1) is 6.54 Å². The van der Waals surface area contributed by atoms with E-state index in [-0.39, 0.29) is 12.5 Å². The molecule has 0 fully saturated rings. The normalized spacial score (nSPS) is 11.1. The number of carbonyl (C=O) groups excluding carboxylic acids is 1. The molecule has 0 spiro atoms. The van der Waals surface area contributed by atoms with Gasteiger partial charge in [-0.15, -0.1) is 11.3 Å². The van der Waals surface area contributed by atoms with Gasteiger partial charge in [-0.25, -0.2) is 0 Å². The highest BCUT2D eigenvalue weighted by molar-refractivity contribution is 7.16. The number of hydrogen-bond acceptors (Lipinski definition) is 6. The van der Waals surface area contributed by atoms with Crippen LogP contribution in [-0.4, -0.2) is 21.0 Å². The van der Waals surface area contributed by atoms with Crippen molar-refractivity contribution in [3.05, 3.63) is 82.8 Å². The summed E-state index contributed by atoms with van der Waals surface area (Å²) in [7, 11) is 0. The Morgan fingerprint density at radius 1 is 1.07 bits per heavy atom. The zero-order valence-electron chi connectivity index (χ0n) is 15.1. The molecule has 3 heterocycles. The van der Waals surface area contributed by atoms with Crippen LogP contribution in [0.15, 0.2) is 71.5 Å². The third-order valence-corrected chi connectivity index (χ3v) is 5.33. The molecular weight excluding hydrogens is 408 g/mol. The molecule has 4 aromatic rings. The fourth-order valence-electron chi connectivity index (χ4n) is 2.54. The number of carbonyl (C=O) groups is 1. The molecule has 0 saturated heterocycles. The average molecular weight is 423 g/mol. The lowest BCUT2D eigenvalue weighted by molar-refractivity contribution is -0.116. The maximum absolute atomic E-state index is 12.1. The third kappa shape index (κ3) is 4.96. The lowest BCUT2D eigenvalue weighted by Crippen LogP contribution is -2.20. The summed E-state index contributed by atoms with van der Waals surface area (Å²) in [6.45, 7) is 0.154. The summed E-state index contributed by atoms with van der Waals surface area (Å²) in [5.74, 6) is 0.551. The topological polar surface area (TPSA) is 80.9 Å². The minimum absolute atomic E-state index is 0.154. The van der Waals surface area contributed by atoms with Gasteiger partial charge in [0.2, 0.25) is 17.6 Å². The first-order valence-corrected chi connectivity index (χ1v) is 9.91. The van der Waals surface area contributed by atoms with Crippen LogP contribution in [-0.2, 0) is 11.3 Å². The Balaban J connectivity index is 1.33. The number of amides is 1. The maximum atomic E-state index is 12.1. The highest BCUT2D eigenvalue weighted by Crippen LogP contribution is 2.29. The van der Waals surface area contributed by atoms with Crippen molar-refractivity contribution in [3.8, 4) is 21.8 Å². The smallest absolute Gasteiger partial charge is 0.246 e. The predicted octanol–water partition coefficient (Wildman–Crippen LogP) is 4.84. The summed E-state index contributed by atoms with van der Waals surface area (Å²) >= 11 is 7.52. The summed E-state index contributed by atoms with van der Waals surface area (Å²) in [4.78, 5) is 22.4. The van der Waals surface area contributed by atoms with E-state index in [9.17, 15) is 4.79 Å². The van der Waals surface area contributed by atoms with E-state index in [0.29, 0.717) is 16.7 Å². The third-order valence-electron chi connectivity index (χ3n) is 3.97. The van der Waals surface area contributed by atoms with E-state index in [2.05, 4.69) is 20.4 Å². The first-order valence-electron chi connectivity index (χ1n) is 8.72. The molecule has 1 amide bonds. The molecule has 29 heavy (non-hydrogen) atoms. The van der Waals surface area contributed by atoms with Crippen molar-refractivity contribution in [1.29, 1.82) is 0 Å². The quantitative estimate of drug-likeness (QED) is 0.449. The van der Waals surface area contributed by atoms with E-state index in [1.165, 1.54) is 6.08 Å². The predicted molar refractivity (Wildman–Crippen MR) is 113 cm³/mol. The Bertz CT molecular complexity index is 1140. The number of halogens is 1. The lowest BCUT2D eigenvalue weighted by Gasteiger charge is -1.97. The Labute approximate surface area is 175 Å². The molecule has 0 atom stereocenters. The largest absolute Gasteiger partial charge is 0.343 e. The first kappa shape index (κ1) is 19.0. The molecule has 1 N–H and O–H groups in total. The number of nitrogens with zero attached hydrogens (tertiary/aromatic N) is 3. The van der Waals surface area contributed by atoms with Crippen molar-refractivity contribution in [2.24, 2.45) is 0 Å². The van der Waals surface area contributed by atoms with Crippen molar-refractivity contribution in [1.82, 2.24) is 20.4 Å². The summed E-state index contributed by atoms with van der Waals surface area (Å²) < 4.78 is 5.17. The molecule has 8 heteroatoms. The SMILES string of the molecule is O=C(C=Cc1ccc(-c2ccc(Cl)cc2)s1)NCc1nc(-c2ccncc2)no1. The zero-order valence-corrected chi connectivity index (χ0v) is 16.7. The van der Waals surface area contributed by atoms with Crippen LogP contribution in [0, 0.1) is 0 Å². The number of hydrogen-bond donors (Lipinski definition) is 1. The number of benzene rings is 1. The number of aromatic nitrogens is 3. The monoisotopic (exact) mass is 422 g/mol. The molecule has 0 aliphatic heterocycles. The van der Waals surface area contributed by atoms with Gasteiger partial charge in [0.15, 0.2) is 0 Å². The fraction of sp³-hybridized carbons (Fsp3) is 0.0476. The molecule has 0 aliphatic carbocycles. The van der Waals surface area contributed by atoms with Gasteiger partial charge in [0.1, 0.15) is 0 Å². The molecule has 6 nitrogen and oxygen atoms in total. The highest BCUT2D eigenvalue weighted by Gasteiger charge is 2.09. The van der Waals surface area contributed by atoms with Crippen LogP contribution < -0.4 is 5.32 Å². The second-order valence-corrected chi connectivity index (χ2v) is 7.56. The van der Waals surface area contributed by atoms with Crippen LogP contribution in [0.4, 0.5) is 0 Å². The molecule has 0 bridgehead atoms. The molecule has 0 saturated carbocycles. The van der Waals surface area contributed by atoms with Gasteiger partial charge in [-0.3, -0.25) is 9.78 Å². The zero-order chi connectivity index (χ0) is 20.1. The first-order chi connectivity index (χ1) is 14.2. The van der Waals surface area contributed by atoms with Gasteiger partial charge >= 0.3 is 0 Å². The van der Waals surface area contributed by atoms with Crippen molar-refractivity contribution in [3.63, 3.8) is 0 Å². The van der Waals surface area contributed by atoms with E-state index in [4.69, 9.17) is 16.1 Å². The second-order valence-electron chi connectivity index (χ2n) is 6.01. The summed E-state index contributed by atoms with van der Waals surface area (Å²) in [6.07, 6.45) is 6.56. The number of thiophene rings is 1. The van der Waals surface area contributed by atoms with Crippen LogP contribution in [0.1, 0.15) is 10.8 Å². The molecule has 144 valence electrons. The molecule has 3 aromatic heterocycles. The summed E-state index contributed by atoms with van der Waals surface area (Å²) in [6, 6.07) is 15.2. The molecular formula is C21H15ClN4O2S. The standard InChI is InChI=1S/C21H15ClN4O2S/c22-16-3-1-14(2-4-16)18-7-5-17(29-18)6-8-19(27)24-13-20-25-21(26-28-20)15-9-11-23-12-10-15/h1-12H,13H2,(H,24,27). The lowest BCUT2D eigenvalue weighted by atomic mass is 10.2. The molecule has 0 unspecified atom stereocenters.